The van der Waals surface area contributed by atoms with Gasteiger partial charge < -0.3 is 10.1 Å². The van der Waals surface area contributed by atoms with Crippen LogP contribution in [0.1, 0.15) is 5.82 Å². The number of methoxy groups -OCH3 is 1. The Bertz CT molecular complexity index is 1160. The maximum Gasteiger partial charge on any atom is 0.213 e. The van der Waals surface area contributed by atoms with Crippen LogP contribution in [0.3, 0.4) is 0 Å². The first-order chi connectivity index (χ1) is 14.7. The lowest BCUT2D eigenvalue weighted by molar-refractivity contribution is 0.398. The standard InChI is InChI=1S/C20H18N8OS/c1-12-24-18(28-20(25-12)30-3)15-11-23-17(13-6-8-21-9-7-13)27-19(15)26-14-4-5-16(29-2)22-10-14/h4-11H,1-3H3,(H,23,26,27). The number of nitrogens with zero attached hydrogens (tertiary/aromatic N) is 7. The number of hydrogen-bond acceptors (Lipinski definition) is 10. The van der Waals surface area contributed by atoms with Gasteiger partial charge in [-0.05, 0) is 31.4 Å². The van der Waals surface area contributed by atoms with Crippen LogP contribution < -0.4 is 10.1 Å². The predicted octanol–water partition coefficient (Wildman–Crippen LogP) is 3.57. The molecule has 4 rings (SSSR count). The third-order valence-electron chi connectivity index (χ3n) is 4.09. The van der Waals surface area contributed by atoms with Crippen molar-refractivity contribution in [3.8, 4) is 28.7 Å². The van der Waals surface area contributed by atoms with Crippen molar-refractivity contribution < 1.29 is 4.74 Å². The van der Waals surface area contributed by atoms with E-state index in [2.05, 4.69) is 35.2 Å². The fourth-order valence-electron chi connectivity index (χ4n) is 2.66. The van der Waals surface area contributed by atoms with Crippen LogP contribution in [0.2, 0.25) is 0 Å². The van der Waals surface area contributed by atoms with Gasteiger partial charge in [0.2, 0.25) is 5.88 Å². The van der Waals surface area contributed by atoms with Crippen LogP contribution >= 0.6 is 11.8 Å². The van der Waals surface area contributed by atoms with Gasteiger partial charge in [0.25, 0.3) is 0 Å². The Morgan fingerprint density at radius 2 is 1.73 bits per heavy atom. The van der Waals surface area contributed by atoms with Gasteiger partial charge >= 0.3 is 0 Å². The molecule has 0 aromatic carbocycles. The van der Waals surface area contributed by atoms with Gasteiger partial charge in [0.05, 0.1) is 24.6 Å². The molecule has 0 saturated heterocycles. The van der Waals surface area contributed by atoms with Crippen molar-refractivity contribution in [1.82, 2.24) is 34.9 Å². The summed E-state index contributed by atoms with van der Waals surface area (Å²) in [6, 6.07) is 7.33. The van der Waals surface area contributed by atoms with Crippen LogP contribution in [0.15, 0.2) is 54.2 Å². The monoisotopic (exact) mass is 418 g/mol. The van der Waals surface area contributed by atoms with E-state index >= 15 is 0 Å². The van der Waals surface area contributed by atoms with Gasteiger partial charge in [-0.25, -0.2) is 29.9 Å². The number of nitrogens with one attached hydrogen (secondary N) is 1. The van der Waals surface area contributed by atoms with Gasteiger partial charge in [0.15, 0.2) is 16.8 Å². The van der Waals surface area contributed by atoms with E-state index in [1.807, 2.05) is 31.4 Å². The summed E-state index contributed by atoms with van der Waals surface area (Å²) in [5.74, 6) is 2.76. The molecule has 1 N–H and O–H groups in total. The molecule has 0 amide bonds. The first kappa shape index (κ1) is 19.6. The van der Waals surface area contributed by atoms with E-state index in [-0.39, 0.29) is 0 Å². The molecule has 4 heterocycles. The average molecular weight is 418 g/mol. The summed E-state index contributed by atoms with van der Waals surface area (Å²) in [5, 5.41) is 3.93. The lowest BCUT2D eigenvalue weighted by Gasteiger charge is -2.12. The van der Waals surface area contributed by atoms with E-state index in [0.29, 0.717) is 39.9 Å². The molecule has 10 heteroatoms. The number of anilines is 2. The Balaban J connectivity index is 1.81. The van der Waals surface area contributed by atoms with Crippen LogP contribution in [0.5, 0.6) is 5.88 Å². The maximum absolute atomic E-state index is 5.13. The van der Waals surface area contributed by atoms with Crippen molar-refractivity contribution in [1.29, 1.82) is 0 Å². The first-order valence-corrected chi connectivity index (χ1v) is 10.2. The molecule has 0 bridgehead atoms. The molecule has 4 aromatic heterocycles. The Labute approximate surface area is 177 Å². The second-order valence-corrected chi connectivity index (χ2v) is 6.87. The smallest absolute Gasteiger partial charge is 0.213 e. The van der Waals surface area contributed by atoms with Gasteiger partial charge in [0.1, 0.15) is 11.6 Å². The molecule has 0 fully saturated rings. The van der Waals surface area contributed by atoms with E-state index in [4.69, 9.17) is 9.72 Å². The number of aromatic nitrogens is 7. The second kappa shape index (κ2) is 8.78. The summed E-state index contributed by atoms with van der Waals surface area (Å²) in [6.45, 7) is 1.83. The average Bonchev–Trinajstić information content (AvgIpc) is 2.79. The minimum absolute atomic E-state index is 0.497. The van der Waals surface area contributed by atoms with Gasteiger partial charge in [-0.15, -0.1) is 0 Å². The van der Waals surface area contributed by atoms with E-state index in [1.165, 1.54) is 11.8 Å². The van der Waals surface area contributed by atoms with Crippen molar-refractivity contribution in [2.45, 2.75) is 12.1 Å². The molecular weight excluding hydrogens is 400 g/mol. The van der Waals surface area contributed by atoms with Crippen molar-refractivity contribution in [3.05, 3.63) is 54.9 Å². The summed E-state index contributed by atoms with van der Waals surface area (Å²) in [7, 11) is 1.57. The number of rotatable bonds is 6. The Morgan fingerprint density at radius 3 is 2.43 bits per heavy atom. The van der Waals surface area contributed by atoms with Gasteiger partial charge in [-0.3, -0.25) is 4.98 Å². The van der Waals surface area contributed by atoms with E-state index in [9.17, 15) is 0 Å². The highest BCUT2D eigenvalue weighted by Gasteiger charge is 2.15. The largest absolute Gasteiger partial charge is 0.481 e. The summed E-state index contributed by atoms with van der Waals surface area (Å²) in [5.41, 5.74) is 2.25. The highest BCUT2D eigenvalue weighted by atomic mass is 32.2. The minimum atomic E-state index is 0.497. The van der Waals surface area contributed by atoms with Crippen molar-refractivity contribution in [3.63, 3.8) is 0 Å². The first-order valence-electron chi connectivity index (χ1n) is 8.98. The Kier molecular flexibility index (Phi) is 5.75. The summed E-state index contributed by atoms with van der Waals surface area (Å²) in [4.78, 5) is 30.9. The third-order valence-corrected chi connectivity index (χ3v) is 4.63. The second-order valence-electron chi connectivity index (χ2n) is 6.10. The number of thioether (sulfide) groups is 1. The molecule has 30 heavy (non-hydrogen) atoms. The molecule has 0 atom stereocenters. The number of hydrogen-bond donors (Lipinski definition) is 1. The third kappa shape index (κ3) is 4.33. The van der Waals surface area contributed by atoms with Crippen LogP contribution in [-0.4, -0.2) is 48.3 Å². The van der Waals surface area contributed by atoms with Crippen LogP contribution in [-0.2, 0) is 0 Å². The van der Waals surface area contributed by atoms with Gasteiger partial charge in [-0.2, -0.15) is 0 Å². The van der Waals surface area contributed by atoms with Crippen LogP contribution in [0.4, 0.5) is 11.5 Å². The Morgan fingerprint density at radius 1 is 0.900 bits per heavy atom. The van der Waals surface area contributed by atoms with Gasteiger partial charge in [0, 0.05) is 30.2 Å². The quantitative estimate of drug-likeness (QED) is 0.466. The fraction of sp³-hybridized carbons (Fsp3) is 0.150. The lowest BCUT2D eigenvalue weighted by Crippen LogP contribution is -2.04. The SMILES string of the molecule is COc1ccc(Nc2nc(-c3ccncc3)ncc2-c2nc(C)nc(SC)n2)cn1. The van der Waals surface area contributed by atoms with Crippen LogP contribution in [0, 0.1) is 6.92 Å². The van der Waals surface area contributed by atoms with Crippen molar-refractivity contribution in [2.24, 2.45) is 0 Å². The van der Waals surface area contributed by atoms with Crippen molar-refractivity contribution >= 4 is 23.3 Å². The minimum Gasteiger partial charge on any atom is -0.481 e. The van der Waals surface area contributed by atoms with E-state index in [0.717, 1.165) is 11.3 Å². The summed E-state index contributed by atoms with van der Waals surface area (Å²) < 4.78 is 5.13. The predicted molar refractivity (Wildman–Crippen MR) is 115 cm³/mol. The molecule has 0 aliphatic carbocycles. The summed E-state index contributed by atoms with van der Waals surface area (Å²) in [6.07, 6.45) is 8.70. The molecule has 4 aromatic rings. The Hall–Kier alpha value is -3.66. The summed E-state index contributed by atoms with van der Waals surface area (Å²) >= 11 is 1.45. The highest BCUT2D eigenvalue weighted by molar-refractivity contribution is 7.98. The topological polar surface area (TPSA) is 111 Å². The number of pyridine rings is 2. The van der Waals surface area contributed by atoms with E-state index < -0.39 is 0 Å². The fourth-order valence-corrected chi connectivity index (χ4v) is 3.06. The zero-order valence-corrected chi connectivity index (χ0v) is 17.4. The molecule has 0 unspecified atom stereocenters. The van der Waals surface area contributed by atoms with Gasteiger partial charge in [-0.1, -0.05) is 11.8 Å². The van der Waals surface area contributed by atoms with Crippen molar-refractivity contribution in [2.75, 3.05) is 18.7 Å². The normalized spacial score (nSPS) is 10.6. The molecule has 9 nitrogen and oxygen atoms in total. The van der Waals surface area contributed by atoms with E-state index in [1.54, 1.807) is 38.0 Å². The number of ether oxygens (including phenoxy) is 1. The number of aryl methyl sites for hydroxylation is 1. The molecule has 0 aliphatic heterocycles. The molecule has 0 aliphatic rings. The maximum atomic E-state index is 5.13. The highest BCUT2D eigenvalue weighted by Crippen LogP contribution is 2.29. The molecule has 150 valence electrons. The lowest BCUT2D eigenvalue weighted by atomic mass is 10.2. The van der Waals surface area contributed by atoms with Crippen LogP contribution in [0.25, 0.3) is 22.8 Å². The molecular formula is C20H18N8OS. The molecule has 0 saturated carbocycles. The molecule has 0 spiro atoms. The molecule has 0 radical (unpaired) electrons. The zero-order chi connectivity index (χ0) is 20.9. The zero-order valence-electron chi connectivity index (χ0n) is 16.6.